The van der Waals surface area contributed by atoms with E-state index in [1.165, 1.54) is 0 Å². The summed E-state index contributed by atoms with van der Waals surface area (Å²) in [4.78, 5) is 20.9. The molecule has 0 aliphatic carbocycles. The number of aromatic nitrogens is 1. The number of benzene rings is 2. The summed E-state index contributed by atoms with van der Waals surface area (Å²) in [6.45, 7) is 0.0301. The van der Waals surface area contributed by atoms with E-state index in [1.807, 2.05) is 24.3 Å². The van der Waals surface area contributed by atoms with Crippen molar-refractivity contribution in [1.29, 1.82) is 0 Å². The lowest BCUT2D eigenvalue weighted by Gasteiger charge is -2.26. The maximum absolute atomic E-state index is 12.9. The highest BCUT2D eigenvalue weighted by Gasteiger charge is 2.33. The quantitative estimate of drug-likeness (QED) is 0.395. The maximum Gasteiger partial charge on any atom is 0.416 e. The van der Waals surface area contributed by atoms with Gasteiger partial charge in [0.1, 0.15) is 0 Å². The topological polar surface area (TPSA) is 88.9 Å². The number of oxime groups is 1. The summed E-state index contributed by atoms with van der Waals surface area (Å²) >= 11 is 0. The summed E-state index contributed by atoms with van der Waals surface area (Å²) in [5.41, 5.74) is 0.00173. The predicted octanol–water partition coefficient (Wildman–Crippen LogP) is 4.18. The highest BCUT2D eigenvalue weighted by Crippen LogP contribution is 2.31. The number of carbonyl (C=O) groups excluding carboxylic acids is 1. The Bertz CT molecular complexity index is 1350. The Labute approximate surface area is 193 Å². The van der Waals surface area contributed by atoms with Gasteiger partial charge in [-0.1, -0.05) is 35.5 Å². The average Bonchev–Trinajstić information content (AvgIpc) is 2.82. The van der Waals surface area contributed by atoms with Gasteiger partial charge in [-0.05, 0) is 29.7 Å². The highest BCUT2D eigenvalue weighted by molar-refractivity contribution is 7.89. The molecule has 11 heteroatoms. The molecule has 0 saturated carbocycles. The number of fused-ring (bicyclic) bond motifs is 1. The molecule has 1 aromatic heterocycles. The molecule has 4 rings (SSSR count). The average molecular weight is 491 g/mol. The first kappa shape index (κ1) is 23.8. The third-order valence-corrected chi connectivity index (χ3v) is 7.28. The molecule has 2 aromatic carbocycles. The van der Waals surface area contributed by atoms with E-state index in [2.05, 4.69) is 10.1 Å². The number of sulfonamides is 1. The van der Waals surface area contributed by atoms with Crippen molar-refractivity contribution in [2.75, 3.05) is 13.1 Å². The summed E-state index contributed by atoms with van der Waals surface area (Å²) in [6.07, 6.45) is -2.65. The molecule has 1 saturated heterocycles. The van der Waals surface area contributed by atoms with Gasteiger partial charge in [0.15, 0.2) is 0 Å². The summed E-state index contributed by atoms with van der Waals surface area (Å²) < 4.78 is 65.4. The number of carbonyl (C=O) groups is 1. The Kier molecular flexibility index (Phi) is 6.67. The van der Waals surface area contributed by atoms with Crippen LogP contribution in [0.4, 0.5) is 13.2 Å². The van der Waals surface area contributed by atoms with Gasteiger partial charge in [-0.15, -0.1) is 0 Å². The van der Waals surface area contributed by atoms with Crippen molar-refractivity contribution in [3.8, 4) is 0 Å². The molecule has 178 valence electrons. The van der Waals surface area contributed by atoms with Crippen LogP contribution in [0.5, 0.6) is 0 Å². The van der Waals surface area contributed by atoms with Crippen molar-refractivity contribution >= 4 is 32.5 Å². The molecule has 3 aromatic rings. The summed E-state index contributed by atoms with van der Waals surface area (Å²) in [6, 6.07) is 13.0. The molecule has 0 bridgehead atoms. The fourth-order valence-corrected chi connectivity index (χ4v) is 5.07. The number of nitrogens with zero attached hydrogens (tertiary/aromatic N) is 3. The van der Waals surface area contributed by atoms with Crippen LogP contribution in [0.25, 0.3) is 10.8 Å². The highest BCUT2D eigenvalue weighted by atomic mass is 32.2. The molecular weight excluding hydrogens is 471 g/mol. The van der Waals surface area contributed by atoms with Gasteiger partial charge in [-0.2, -0.15) is 17.5 Å². The second-order valence-electron chi connectivity index (χ2n) is 7.75. The van der Waals surface area contributed by atoms with Crippen molar-refractivity contribution in [2.45, 2.75) is 30.3 Å². The van der Waals surface area contributed by atoms with Gasteiger partial charge in [0, 0.05) is 37.5 Å². The number of piperidine rings is 1. The Balaban J connectivity index is 1.34. The van der Waals surface area contributed by atoms with E-state index < -0.39 is 32.6 Å². The van der Waals surface area contributed by atoms with E-state index in [0.717, 1.165) is 33.3 Å². The van der Waals surface area contributed by atoms with E-state index in [-0.39, 0.29) is 32.4 Å². The zero-order valence-corrected chi connectivity index (χ0v) is 18.6. The number of rotatable bonds is 5. The molecule has 1 aliphatic rings. The number of halogens is 3. The molecule has 0 N–H and O–H groups in total. The van der Waals surface area contributed by atoms with Crippen LogP contribution in [0.1, 0.15) is 24.1 Å². The molecular formula is C23H20F3N3O4S. The normalized spacial score (nSPS) is 15.3. The van der Waals surface area contributed by atoms with Gasteiger partial charge in [-0.25, -0.2) is 13.2 Å². The minimum atomic E-state index is -4.64. The maximum atomic E-state index is 12.9. The van der Waals surface area contributed by atoms with Gasteiger partial charge in [0.2, 0.25) is 10.0 Å². The lowest BCUT2D eigenvalue weighted by molar-refractivity contribution is -0.143. The standard InChI is InChI=1S/C23H20F3N3O4S/c24-23(25,26)18-6-3-7-21(13-18)34(31,32)29-10-8-19(9-11-29)28-33-22(30)14-20-12-16-4-1-2-5-17(16)15-27-20/h1-7,12-13,15H,8-11,14H2. The number of pyridine rings is 1. The van der Waals surface area contributed by atoms with Gasteiger partial charge in [0.25, 0.3) is 0 Å². The Morgan fingerprint density at radius 1 is 1.03 bits per heavy atom. The lowest BCUT2D eigenvalue weighted by Crippen LogP contribution is -2.38. The van der Waals surface area contributed by atoms with Crippen LogP contribution in [0.2, 0.25) is 0 Å². The summed E-state index contributed by atoms with van der Waals surface area (Å²) in [5, 5.41) is 5.74. The van der Waals surface area contributed by atoms with Crippen LogP contribution in [0.3, 0.4) is 0 Å². The molecule has 1 aliphatic heterocycles. The van der Waals surface area contributed by atoms with E-state index in [9.17, 15) is 26.4 Å². The number of hydrogen-bond acceptors (Lipinski definition) is 6. The fourth-order valence-electron chi connectivity index (χ4n) is 3.58. The van der Waals surface area contributed by atoms with Crippen molar-refractivity contribution < 1.29 is 31.2 Å². The van der Waals surface area contributed by atoms with Crippen molar-refractivity contribution in [2.24, 2.45) is 5.16 Å². The summed E-state index contributed by atoms with van der Waals surface area (Å²) in [5.74, 6) is -0.603. The molecule has 0 unspecified atom stereocenters. The van der Waals surface area contributed by atoms with Crippen LogP contribution in [-0.4, -0.2) is 42.5 Å². The predicted molar refractivity (Wildman–Crippen MR) is 118 cm³/mol. The van der Waals surface area contributed by atoms with Gasteiger partial charge in [0.05, 0.1) is 28.3 Å². The molecule has 1 fully saturated rings. The first-order valence-electron chi connectivity index (χ1n) is 10.4. The van der Waals surface area contributed by atoms with Crippen LogP contribution in [0, 0.1) is 0 Å². The largest absolute Gasteiger partial charge is 0.416 e. The number of hydrogen-bond donors (Lipinski definition) is 0. The molecule has 2 heterocycles. The van der Waals surface area contributed by atoms with Gasteiger partial charge >= 0.3 is 12.1 Å². The SMILES string of the molecule is O=C(Cc1cc2ccccc2cn1)ON=C1CCN(S(=O)(=O)c2cccc(C(F)(F)F)c2)CC1. The lowest BCUT2D eigenvalue weighted by atomic mass is 10.1. The van der Waals surface area contributed by atoms with Crippen molar-refractivity contribution in [1.82, 2.24) is 9.29 Å². The second kappa shape index (κ2) is 9.51. The molecule has 7 nitrogen and oxygen atoms in total. The minimum absolute atomic E-state index is 0.0151. The van der Waals surface area contributed by atoms with Crippen LogP contribution in [0.15, 0.2) is 70.8 Å². The third-order valence-electron chi connectivity index (χ3n) is 5.39. The van der Waals surface area contributed by atoms with E-state index in [1.54, 1.807) is 12.3 Å². The van der Waals surface area contributed by atoms with Gasteiger partial charge in [-0.3, -0.25) is 4.98 Å². The first-order valence-corrected chi connectivity index (χ1v) is 11.8. The molecule has 0 spiro atoms. The van der Waals surface area contributed by atoms with Crippen LogP contribution < -0.4 is 0 Å². The van der Waals surface area contributed by atoms with Crippen molar-refractivity contribution in [3.05, 3.63) is 72.1 Å². The Morgan fingerprint density at radius 3 is 2.44 bits per heavy atom. The van der Waals surface area contributed by atoms with Gasteiger partial charge < -0.3 is 4.84 Å². The summed E-state index contributed by atoms with van der Waals surface area (Å²) in [7, 11) is -4.10. The van der Waals surface area contributed by atoms with E-state index >= 15 is 0 Å². The third kappa shape index (κ3) is 5.42. The monoisotopic (exact) mass is 491 g/mol. The molecule has 0 amide bonds. The molecule has 34 heavy (non-hydrogen) atoms. The number of alkyl halides is 3. The van der Waals surface area contributed by atoms with Crippen LogP contribution in [-0.2, 0) is 32.3 Å². The van der Waals surface area contributed by atoms with Crippen molar-refractivity contribution in [3.63, 3.8) is 0 Å². The van der Waals surface area contributed by atoms with Crippen LogP contribution >= 0.6 is 0 Å². The smallest absolute Gasteiger partial charge is 0.318 e. The molecule has 0 radical (unpaired) electrons. The first-order chi connectivity index (χ1) is 16.1. The fraction of sp³-hybridized carbons (Fsp3) is 0.261. The second-order valence-corrected chi connectivity index (χ2v) is 9.69. The minimum Gasteiger partial charge on any atom is -0.318 e. The van der Waals surface area contributed by atoms with E-state index in [0.29, 0.717) is 17.5 Å². The zero-order chi connectivity index (χ0) is 24.3. The molecule has 0 atom stereocenters. The Morgan fingerprint density at radius 2 is 1.74 bits per heavy atom. The van der Waals surface area contributed by atoms with E-state index in [4.69, 9.17) is 4.84 Å². The zero-order valence-electron chi connectivity index (χ0n) is 17.8. The Hall–Kier alpha value is -3.31.